The largest absolute Gasteiger partial charge is 0.405 e. The summed E-state index contributed by atoms with van der Waals surface area (Å²) in [5, 5.41) is 5.19. The predicted octanol–water partition coefficient (Wildman–Crippen LogP) is 5.47. The van der Waals surface area contributed by atoms with Crippen LogP contribution < -0.4 is 16.2 Å². The molecule has 13 heteroatoms. The Morgan fingerprint density at radius 3 is 2.35 bits per heavy atom. The zero-order valence-corrected chi connectivity index (χ0v) is 23.9. The highest BCUT2D eigenvalue weighted by molar-refractivity contribution is 5.98. The fourth-order valence-corrected chi connectivity index (χ4v) is 4.66. The number of rotatable bonds is 11. The van der Waals surface area contributed by atoms with E-state index in [1.165, 1.54) is 24.3 Å². The lowest BCUT2D eigenvalue weighted by Gasteiger charge is -2.18. The first-order valence-corrected chi connectivity index (χ1v) is 13.7. The molecule has 0 aliphatic rings. The summed E-state index contributed by atoms with van der Waals surface area (Å²) < 4.78 is 68.8. The summed E-state index contributed by atoms with van der Waals surface area (Å²) in [6.45, 7) is 7.29. The van der Waals surface area contributed by atoms with E-state index in [0.29, 0.717) is 17.7 Å². The number of aryl methyl sites for hydroxylation is 1. The van der Waals surface area contributed by atoms with Crippen molar-refractivity contribution in [3.63, 3.8) is 0 Å². The Morgan fingerprint density at radius 1 is 1.00 bits per heavy atom. The van der Waals surface area contributed by atoms with E-state index in [-0.39, 0.29) is 28.2 Å². The zero-order chi connectivity index (χ0) is 31.3. The SMILES string of the molecule is CCN(CC)CCCNc1nc(-c2cc(C(=O)NCC(F)(F)F)ccc2C)c2ccc(=O)n(-c3c(F)cccc3F)c2n1. The summed E-state index contributed by atoms with van der Waals surface area (Å²) in [5.41, 5.74) is -0.340. The maximum Gasteiger partial charge on any atom is 0.405 e. The van der Waals surface area contributed by atoms with Crippen LogP contribution in [0.3, 0.4) is 0 Å². The van der Waals surface area contributed by atoms with E-state index in [2.05, 4.69) is 34.0 Å². The Bertz CT molecular complexity index is 1660. The molecule has 2 N–H and O–H groups in total. The van der Waals surface area contributed by atoms with E-state index < -0.39 is 41.5 Å². The quantitative estimate of drug-likeness (QED) is 0.175. The minimum absolute atomic E-state index is 0.0567. The van der Waals surface area contributed by atoms with E-state index in [4.69, 9.17) is 0 Å². The third-order valence-corrected chi connectivity index (χ3v) is 6.94. The van der Waals surface area contributed by atoms with E-state index in [9.17, 15) is 31.5 Å². The van der Waals surface area contributed by atoms with Gasteiger partial charge >= 0.3 is 6.18 Å². The fourth-order valence-electron chi connectivity index (χ4n) is 4.66. The topological polar surface area (TPSA) is 92.2 Å². The Kier molecular flexibility index (Phi) is 9.74. The van der Waals surface area contributed by atoms with Crippen molar-refractivity contribution < 1.29 is 26.7 Å². The number of anilines is 1. The number of alkyl halides is 3. The van der Waals surface area contributed by atoms with Gasteiger partial charge in [-0.3, -0.25) is 14.2 Å². The molecule has 228 valence electrons. The lowest BCUT2D eigenvalue weighted by atomic mass is 9.99. The van der Waals surface area contributed by atoms with Crippen molar-refractivity contribution in [2.75, 3.05) is 38.0 Å². The van der Waals surface area contributed by atoms with Crippen molar-refractivity contribution in [3.8, 4) is 16.9 Å². The van der Waals surface area contributed by atoms with Crippen LogP contribution in [0.4, 0.5) is 27.9 Å². The van der Waals surface area contributed by atoms with E-state index in [0.717, 1.165) is 48.8 Å². The van der Waals surface area contributed by atoms with Gasteiger partial charge in [0.15, 0.2) is 5.65 Å². The lowest BCUT2D eigenvalue weighted by molar-refractivity contribution is -0.123. The molecule has 43 heavy (non-hydrogen) atoms. The number of nitrogens with zero attached hydrogens (tertiary/aromatic N) is 4. The summed E-state index contributed by atoms with van der Waals surface area (Å²) in [6.07, 6.45) is -3.88. The van der Waals surface area contributed by atoms with Crippen molar-refractivity contribution in [3.05, 3.63) is 81.6 Å². The van der Waals surface area contributed by atoms with Crippen LogP contribution in [0.5, 0.6) is 0 Å². The van der Waals surface area contributed by atoms with E-state index in [1.807, 2.05) is 5.32 Å². The Balaban J connectivity index is 1.88. The summed E-state index contributed by atoms with van der Waals surface area (Å²) in [5.74, 6) is -2.85. The van der Waals surface area contributed by atoms with E-state index >= 15 is 0 Å². The summed E-state index contributed by atoms with van der Waals surface area (Å²) in [4.78, 5) is 37.0. The Morgan fingerprint density at radius 2 is 1.70 bits per heavy atom. The molecular weight excluding hydrogens is 571 g/mol. The maximum absolute atomic E-state index is 14.9. The highest BCUT2D eigenvalue weighted by Gasteiger charge is 2.28. The van der Waals surface area contributed by atoms with Gasteiger partial charge in [-0.25, -0.2) is 13.8 Å². The van der Waals surface area contributed by atoms with Gasteiger partial charge < -0.3 is 15.5 Å². The molecule has 4 rings (SSSR count). The summed E-state index contributed by atoms with van der Waals surface area (Å²) in [6, 6.07) is 10.0. The summed E-state index contributed by atoms with van der Waals surface area (Å²) in [7, 11) is 0. The Labute approximate surface area is 244 Å². The highest BCUT2D eigenvalue weighted by atomic mass is 19.4. The van der Waals surface area contributed by atoms with Crippen molar-refractivity contribution >= 4 is 22.9 Å². The molecule has 0 unspecified atom stereocenters. The molecule has 2 aromatic carbocycles. The number of amides is 1. The van der Waals surface area contributed by atoms with Crippen LogP contribution in [0.15, 0.2) is 53.3 Å². The molecule has 0 fully saturated rings. The normalized spacial score (nSPS) is 11.7. The second kappa shape index (κ2) is 13.3. The molecule has 0 saturated carbocycles. The first kappa shape index (κ1) is 31.5. The number of hydrogen-bond donors (Lipinski definition) is 2. The van der Waals surface area contributed by atoms with E-state index in [1.54, 1.807) is 13.0 Å². The number of hydrogen-bond acceptors (Lipinski definition) is 6. The molecule has 0 atom stereocenters. The van der Waals surface area contributed by atoms with Gasteiger partial charge in [-0.2, -0.15) is 18.2 Å². The number of nitrogens with one attached hydrogen (secondary N) is 2. The van der Waals surface area contributed by atoms with Crippen LogP contribution in [-0.4, -0.2) is 64.2 Å². The van der Waals surface area contributed by atoms with Gasteiger partial charge in [-0.15, -0.1) is 0 Å². The molecule has 2 aromatic heterocycles. The predicted molar refractivity (Wildman–Crippen MR) is 155 cm³/mol. The Hall–Kier alpha value is -4.39. The van der Waals surface area contributed by atoms with Crippen LogP contribution in [0.1, 0.15) is 36.2 Å². The van der Waals surface area contributed by atoms with Crippen LogP contribution in [0.25, 0.3) is 28.0 Å². The number of fused-ring (bicyclic) bond motifs is 1. The molecule has 0 saturated heterocycles. The van der Waals surface area contributed by atoms with Crippen LogP contribution in [-0.2, 0) is 0 Å². The number of pyridine rings is 1. The van der Waals surface area contributed by atoms with Crippen molar-refractivity contribution in [1.82, 2.24) is 24.8 Å². The summed E-state index contributed by atoms with van der Waals surface area (Å²) >= 11 is 0. The smallest absolute Gasteiger partial charge is 0.354 e. The number of benzene rings is 2. The van der Waals surface area contributed by atoms with Gasteiger partial charge in [0.1, 0.15) is 23.9 Å². The molecule has 8 nitrogen and oxygen atoms in total. The molecule has 2 heterocycles. The molecule has 0 aliphatic carbocycles. The second-order valence-corrected chi connectivity index (χ2v) is 9.85. The lowest BCUT2D eigenvalue weighted by Crippen LogP contribution is -2.33. The van der Waals surface area contributed by atoms with Gasteiger partial charge in [0.05, 0.1) is 5.69 Å². The number of para-hydroxylation sites is 1. The van der Waals surface area contributed by atoms with Crippen molar-refractivity contribution in [2.45, 2.75) is 33.4 Å². The minimum atomic E-state index is -4.59. The van der Waals surface area contributed by atoms with Crippen molar-refractivity contribution in [2.24, 2.45) is 0 Å². The number of carbonyl (C=O) groups excluding carboxylic acids is 1. The minimum Gasteiger partial charge on any atom is -0.354 e. The van der Waals surface area contributed by atoms with Crippen molar-refractivity contribution in [1.29, 1.82) is 0 Å². The van der Waals surface area contributed by atoms with Gasteiger partial charge in [0.25, 0.3) is 11.5 Å². The van der Waals surface area contributed by atoms with Gasteiger partial charge in [0, 0.05) is 29.1 Å². The van der Waals surface area contributed by atoms with Crippen LogP contribution in [0, 0.1) is 18.6 Å². The number of aromatic nitrogens is 3. The highest BCUT2D eigenvalue weighted by Crippen LogP contribution is 2.31. The van der Waals surface area contributed by atoms with Crippen LogP contribution in [0.2, 0.25) is 0 Å². The molecule has 0 spiro atoms. The first-order valence-electron chi connectivity index (χ1n) is 13.7. The fraction of sp³-hybridized carbons (Fsp3) is 0.333. The monoisotopic (exact) mass is 602 g/mol. The molecule has 0 bridgehead atoms. The molecule has 4 aromatic rings. The first-order chi connectivity index (χ1) is 20.4. The third-order valence-electron chi connectivity index (χ3n) is 6.94. The molecular formula is C30H31F5N6O2. The third kappa shape index (κ3) is 7.34. The zero-order valence-electron chi connectivity index (χ0n) is 23.9. The number of carbonyl (C=O) groups is 1. The van der Waals surface area contributed by atoms with Gasteiger partial charge in [0.2, 0.25) is 5.95 Å². The van der Waals surface area contributed by atoms with Crippen LogP contribution >= 0.6 is 0 Å². The average molecular weight is 603 g/mol. The molecule has 1 amide bonds. The van der Waals surface area contributed by atoms with Gasteiger partial charge in [-0.05, 0) is 68.9 Å². The standard InChI is InChI=1S/C30H31F5N6O2/c1-4-40(5-2)15-7-14-36-29-38-25(21-16-19(11-10-18(21)3)28(43)37-17-30(33,34)35)20-12-13-24(42)41(27(20)39-29)26-22(31)8-6-9-23(26)32/h6,8-13,16H,4-5,7,14-15,17H2,1-3H3,(H,37,43)(H,36,38,39). The molecule has 0 radical (unpaired) electrons. The second-order valence-electron chi connectivity index (χ2n) is 9.85. The number of halogens is 5. The average Bonchev–Trinajstić information content (AvgIpc) is 2.96. The van der Waals surface area contributed by atoms with Gasteiger partial charge in [-0.1, -0.05) is 26.0 Å². The molecule has 0 aliphatic heterocycles. The maximum atomic E-state index is 14.9.